The van der Waals surface area contributed by atoms with E-state index in [4.69, 9.17) is 4.74 Å². The Balaban J connectivity index is 1.75. The number of rotatable bonds is 3. The van der Waals surface area contributed by atoms with Crippen molar-refractivity contribution >= 4 is 0 Å². The highest BCUT2D eigenvalue weighted by molar-refractivity contribution is 5.21. The molecule has 3 rings (SSSR count). The third-order valence-electron chi connectivity index (χ3n) is 4.22. The maximum Gasteiger partial charge on any atom is 0.115 e. The molecular formula is C18H21NO. The molecule has 1 fully saturated rings. The summed E-state index contributed by atoms with van der Waals surface area (Å²) in [4.78, 5) is 2.34. The molecule has 0 radical (unpaired) electrons. The van der Waals surface area contributed by atoms with Gasteiger partial charge in [0.1, 0.15) is 6.23 Å². The van der Waals surface area contributed by atoms with E-state index in [0.717, 1.165) is 6.42 Å². The van der Waals surface area contributed by atoms with E-state index in [2.05, 4.69) is 73.5 Å². The van der Waals surface area contributed by atoms with Gasteiger partial charge in [-0.05, 0) is 25.1 Å². The Morgan fingerprint density at radius 1 is 0.950 bits per heavy atom. The minimum Gasteiger partial charge on any atom is -0.353 e. The standard InChI is InChI=1S/C18H21NO/c1-14-18(16-11-7-4-8-12-16)20-17(19(14)2)13-15-9-5-3-6-10-15/h3-12,14,17-18H,13H2,1-2H3/t14-,17?,18-/m0/s1. The van der Waals surface area contributed by atoms with Gasteiger partial charge in [-0.3, -0.25) is 4.90 Å². The monoisotopic (exact) mass is 267 g/mol. The Bertz CT molecular complexity index is 540. The predicted molar refractivity (Wildman–Crippen MR) is 81.4 cm³/mol. The molecule has 2 aromatic carbocycles. The van der Waals surface area contributed by atoms with E-state index in [9.17, 15) is 0 Å². The number of likely N-dealkylation sites (N-methyl/N-ethyl adjacent to an activating group) is 1. The van der Waals surface area contributed by atoms with Crippen molar-refractivity contribution in [3.05, 3.63) is 71.8 Å². The smallest absolute Gasteiger partial charge is 0.115 e. The van der Waals surface area contributed by atoms with Crippen molar-refractivity contribution in [2.75, 3.05) is 7.05 Å². The van der Waals surface area contributed by atoms with Gasteiger partial charge >= 0.3 is 0 Å². The maximum atomic E-state index is 6.30. The van der Waals surface area contributed by atoms with Crippen LogP contribution in [0.15, 0.2) is 60.7 Å². The summed E-state index contributed by atoms with van der Waals surface area (Å²) >= 11 is 0. The maximum absolute atomic E-state index is 6.30. The van der Waals surface area contributed by atoms with Crippen molar-refractivity contribution in [1.82, 2.24) is 4.90 Å². The Labute approximate surface area is 121 Å². The molecule has 2 aromatic rings. The van der Waals surface area contributed by atoms with E-state index in [-0.39, 0.29) is 12.3 Å². The largest absolute Gasteiger partial charge is 0.353 e. The number of hydrogen-bond acceptors (Lipinski definition) is 2. The fourth-order valence-corrected chi connectivity index (χ4v) is 2.86. The summed E-state index contributed by atoms with van der Waals surface area (Å²) < 4.78 is 6.30. The molecule has 1 aliphatic rings. The third kappa shape index (κ3) is 2.62. The lowest BCUT2D eigenvalue weighted by Crippen LogP contribution is -2.33. The molecule has 0 amide bonds. The first-order valence-corrected chi connectivity index (χ1v) is 7.22. The molecule has 20 heavy (non-hydrogen) atoms. The van der Waals surface area contributed by atoms with Crippen molar-refractivity contribution in [3.63, 3.8) is 0 Å². The predicted octanol–water partition coefficient (Wildman–Crippen LogP) is 3.65. The lowest BCUT2D eigenvalue weighted by molar-refractivity contribution is 0.00788. The highest BCUT2D eigenvalue weighted by Gasteiger charge is 2.37. The van der Waals surface area contributed by atoms with Crippen molar-refractivity contribution < 1.29 is 4.74 Å². The van der Waals surface area contributed by atoms with Crippen molar-refractivity contribution in [2.24, 2.45) is 0 Å². The summed E-state index contributed by atoms with van der Waals surface area (Å²) in [6.45, 7) is 2.24. The summed E-state index contributed by atoms with van der Waals surface area (Å²) in [6, 6.07) is 21.5. The van der Waals surface area contributed by atoms with Crippen LogP contribution >= 0.6 is 0 Å². The number of nitrogens with zero attached hydrogens (tertiary/aromatic N) is 1. The lowest BCUT2D eigenvalue weighted by Gasteiger charge is -2.21. The lowest BCUT2D eigenvalue weighted by atomic mass is 10.0. The van der Waals surface area contributed by atoms with E-state index in [1.807, 2.05) is 6.07 Å². The SMILES string of the molecule is C[C@H]1[C@@H](c2ccccc2)OC(Cc2ccccc2)N1C. The second-order valence-electron chi connectivity index (χ2n) is 5.52. The highest BCUT2D eigenvalue weighted by Crippen LogP contribution is 2.34. The molecule has 2 heteroatoms. The summed E-state index contributed by atoms with van der Waals surface area (Å²) in [5.74, 6) is 0. The zero-order valence-electron chi connectivity index (χ0n) is 12.1. The average molecular weight is 267 g/mol. The molecule has 0 saturated carbocycles. The molecular weight excluding hydrogens is 246 g/mol. The zero-order valence-corrected chi connectivity index (χ0v) is 12.1. The van der Waals surface area contributed by atoms with Crippen LogP contribution in [0.4, 0.5) is 0 Å². The highest BCUT2D eigenvalue weighted by atomic mass is 16.5. The van der Waals surface area contributed by atoms with Crippen LogP contribution in [0.1, 0.15) is 24.2 Å². The first-order chi connectivity index (χ1) is 9.75. The molecule has 1 saturated heterocycles. The van der Waals surface area contributed by atoms with Gasteiger partial charge in [-0.1, -0.05) is 60.7 Å². The van der Waals surface area contributed by atoms with Crippen LogP contribution in [0.5, 0.6) is 0 Å². The van der Waals surface area contributed by atoms with Crippen LogP contribution in [0.3, 0.4) is 0 Å². The topological polar surface area (TPSA) is 12.5 Å². The first-order valence-electron chi connectivity index (χ1n) is 7.22. The van der Waals surface area contributed by atoms with Crippen LogP contribution in [0.25, 0.3) is 0 Å². The van der Waals surface area contributed by atoms with Gasteiger partial charge < -0.3 is 4.74 Å². The summed E-state index contributed by atoms with van der Waals surface area (Å²) in [5.41, 5.74) is 2.59. The Kier molecular flexibility index (Phi) is 3.86. The molecule has 0 spiro atoms. The second-order valence-corrected chi connectivity index (χ2v) is 5.52. The van der Waals surface area contributed by atoms with Crippen LogP contribution in [-0.2, 0) is 11.2 Å². The third-order valence-corrected chi connectivity index (χ3v) is 4.22. The van der Waals surface area contributed by atoms with E-state index >= 15 is 0 Å². The fourth-order valence-electron chi connectivity index (χ4n) is 2.86. The molecule has 0 N–H and O–H groups in total. The minimum absolute atomic E-state index is 0.151. The minimum atomic E-state index is 0.151. The van der Waals surface area contributed by atoms with E-state index in [0.29, 0.717) is 6.04 Å². The fraction of sp³-hybridized carbons (Fsp3) is 0.333. The molecule has 1 unspecified atom stereocenters. The zero-order chi connectivity index (χ0) is 13.9. The Hall–Kier alpha value is -1.64. The van der Waals surface area contributed by atoms with Crippen molar-refractivity contribution in [3.8, 4) is 0 Å². The number of hydrogen-bond donors (Lipinski definition) is 0. The molecule has 2 nitrogen and oxygen atoms in total. The summed E-state index contributed by atoms with van der Waals surface area (Å²) in [6.07, 6.45) is 1.25. The molecule has 0 aromatic heterocycles. The molecule has 3 atom stereocenters. The molecule has 0 aliphatic carbocycles. The van der Waals surface area contributed by atoms with Gasteiger partial charge in [0.05, 0.1) is 6.10 Å². The molecule has 1 heterocycles. The number of ether oxygens (including phenoxy) is 1. The normalized spacial score (nSPS) is 26.8. The Morgan fingerprint density at radius 2 is 1.55 bits per heavy atom. The quantitative estimate of drug-likeness (QED) is 0.841. The van der Waals surface area contributed by atoms with Crippen LogP contribution in [-0.4, -0.2) is 24.2 Å². The van der Waals surface area contributed by atoms with E-state index in [1.165, 1.54) is 11.1 Å². The molecule has 104 valence electrons. The first kappa shape index (κ1) is 13.3. The average Bonchev–Trinajstić information content (AvgIpc) is 2.78. The Morgan fingerprint density at radius 3 is 2.20 bits per heavy atom. The van der Waals surface area contributed by atoms with Crippen LogP contribution in [0.2, 0.25) is 0 Å². The summed E-state index contributed by atoms with van der Waals surface area (Å²) in [5, 5.41) is 0. The molecule has 1 aliphatic heterocycles. The van der Waals surface area contributed by atoms with Crippen molar-refractivity contribution in [1.29, 1.82) is 0 Å². The van der Waals surface area contributed by atoms with Crippen LogP contribution < -0.4 is 0 Å². The van der Waals surface area contributed by atoms with Gasteiger partial charge in [0.15, 0.2) is 0 Å². The van der Waals surface area contributed by atoms with Gasteiger partial charge in [0, 0.05) is 12.5 Å². The van der Waals surface area contributed by atoms with E-state index < -0.39 is 0 Å². The van der Waals surface area contributed by atoms with Gasteiger partial charge in [-0.15, -0.1) is 0 Å². The summed E-state index contributed by atoms with van der Waals surface area (Å²) in [7, 11) is 2.15. The second kappa shape index (κ2) is 5.78. The van der Waals surface area contributed by atoms with Gasteiger partial charge in [0.2, 0.25) is 0 Å². The van der Waals surface area contributed by atoms with Gasteiger partial charge in [-0.2, -0.15) is 0 Å². The van der Waals surface area contributed by atoms with Crippen molar-refractivity contribution in [2.45, 2.75) is 31.7 Å². The van der Waals surface area contributed by atoms with Gasteiger partial charge in [-0.25, -0.2) is 0 Å². The van der Waals surface area contributed by atoms with E-state index in [1.54, 1.807) is 0 Å². The molecule has 0 bridgehead atoms. The van der Waals surface area contributed by atoms with Crippen LogP contribution in [0, 0.1) is 0 Å². The van der Waals surface area contributed by atoms with Gasteiger partial charge in [0.25, 0.3) is 0 Å². The number of benzene rings is 2.